The van der Waals surface area contributed by atoms with E-state index in [1.807, 2.05) is 0 Å². The summed E-state index contributed by atoms with van der Waals surface area (Å²) in [5.74, 6) is 0.563. The fraction of sp³-hybridized carbons (Fsp3) is 0.133. The summed E-state index contributed by atoms with van der Waals surface area (Å²) in [6.45, 7) is 2.40. The van der Waals surface area contributed by atoms with Crippen LogP contribution in [0.2, 0.25) is 0 Å². The van der Waals surface area contributed by atoms with Gasteiger partial charge >= 0.3 is 0 Å². The molecule has 1 fully saturated rings. The monoisotopic (exact) mass is 797 g/mol. The quantitative estimate of drug-likeness (QED) is 0.160. The van der Waals surface area contributed by atoms with Gasteiger partial charge in [0.25, 0.3) is 0 Å². The third-order valence-corrected chi connectivity index (χ3v) is 14.2. The first-order valence-electron chi connectivity index (χ1n) is 22.4. The second kappa shape index (κ2) is 14.8. The Morgan fingerprint density at radius 2 is 1.00 bits per heavy atom. The Morgan fingerprint density at radius 1 is 0.435 bits per heavy atom. The molecule has 1 saturated carbocycles. The Kier molecular flexibility index (Phi) is 8.74. The van der Waals surface area contributed by atoms with Crippen molar-refractivity contribution < 1.29 is 4.42 Å². The van der Waals surface area contributed by atoms with Crippen molar-refractivity contribution in [3.8, 4) is 33.4 Å². The Labute approximate surface area is 363 Å². The van der Waals surface area contributed by atoms with Crippen LogP contribution < -0.4 is 4.90 Å². The summed E-state index contributed by atoms with van der Waals surface area (Å²) in [6.07, 6.45) is 6.42. The number of benzene rings is 9. The van der Waals surface area contributed by atoms with Gasteiger partial charge in [-0.05, 0) is 111 Å². The minimum atomic E-state index is -0.309. The minimum Gasteiger partial charge on any atom is -0.456 e. The van der Waals surface area contributed by atoms with E-state index in [-0.39, 0.29) is 5.41 Å². The highest BCUT2D eigenvalue weighted by atomic mass is 16.3. The molecule has 0 N–H and O–H groups in total. The van der Waals surface area contributed by atoms with Crippen molar-refractivity contribution in [1.29, 1.82) is 0 Å². The number of fused-ring (bicyclic) bond motifs is 7. The molecule has 0 amide bonds. The predicted octanol–water partition coefficient (Wildman–Crippen LogP) is 16.9. The highest BCUT2D eigenvalue weighted by Gasteiger charge is 2.42. The van der Waals surface area contributed by atoms with E-state index in [9.17, 15) is 0 Å². The van der Waals surface area contributed by atoms with Crippen LogP contribution in [0.3, 0.4) is 0 Å². The molecule has 0 radical (unpaired) electrons. The van der Waals surface area contributed by atoms with E-state index in [4.69, 9.17) is 4.42 Å². The lowest BCUT2D eigenvalue weighted by molar-refractivity contribution is 0.445. The van der Waals surface area contributed by atoms with Gasteiger partial charge in [-0.25, -0.2) is 0 Å². The Balaban J connectivity index is 1.15. The molecule has 9 aromatic carbocycles. The summed E-state index contributed by atoms with van der Waals surface area (Å²) in [5, 5.41) is 4.90. The maximum Gasteiger partial charge on any atom is 0.137 e. The Hall–Kier alpha value is -7.16. The van der Waals surface area contributed by atoms with Crippen LogP contribution in [0.15, 0.2) is 205 Å². The molecule has 12 rings (SSSR count). The van der Waals surface area contributed by atoms with E-state index < -0.39 is 0 Å². The highest BCUT2D eigenvalue weighted by molar-refractivity contribution is 6.15. The Morgan fingerprint density at radius 3 is 1.81 bits per heavy atom. The third kappa shape index (κ3) is 5.63. The maximum atomic E-state index is 6.62. The number of rotatable bonds is 7. The highest BCUT2D eigenvalue weighted by Crippen LogP contribution is 2.57. The van der Waals surface area contributed by atoms with Crippen molar-refractivity contribution in [2.75, 3.05) is 4.90 Å². The topological polar surface area (TPSA) is 16.4 Å². The van der Waals surface area contributed by atoms with Crippen LogP contribution in [0, 0.1) is 0 Å². The molecular formula is C60H47NO. The molecule has 1 heterocycles. The smallest absolute Gasteiger partial charge is 0.137 e. The largest absolute Gasteiger partial charge is 0.456 e. The first-order chi connectivity index (χ1) is 30.7. The second-order valence-electron chi connectivity index (χ2n) is 17.5. The zero-order valence-corrected chi connectivity index (χ0v) is 35.0. The van der Waals surface area contributed by atoms with Crippen LogP contribution >= 0.6 is 0 Å². The minimum absolute atomic E-state index is 0.309. The molecule has 1 unspecified atom stereocenters. The summed E-state index contributed by atoms with van der Waals surface area (Å²) in [7, 11) is 0. The molecule has 2 aliphatic carbocycles. The molecule has 1 aromatic heterocycles. The van der Waals surface area contributed by atoms with Crippen LogP contribution in [0.5, 0.6) is 0 Å². The van der Waals surface area contributed by atoms with Crippen molar-refractivity contribution >= 4 is 49.8 Å². The first-order valence-corrected chi connectivity index (χ1v) is 22.4. The number of nitrogens with zero attached hydrogens (tertiary/aromatic N) is 1. The standard InChI is InChI=1S/C60H47NO/c1-60(42-24-6-3-7-25-42)50-33-12-8-28-48(50)58-47(32-18-34-51(58)60)45-27-10-14-36-53(45)61(54-37-19-39-56-59(54)49-29-11-15-38-55(49)62-56)52-35-13-9-26-44(52)46-31-17-23-41-22-16-30-43(57(41)46)40-20-4-2-5-21-40/h3,6-19,22-40H,2,4-5,20-21H2,1H3. The van der Waals surface area contributed by atoms with E-state index in [2.05, 4.69) is 212 Å². The van der Waals surface area contributed by atoms with Crippen LogP contribution in [-0.4, -0.2) is 0 Å². The maximum absolute atomic E-state index is 6.62. The third-order valence-electron chi connectivity index (χ3n) is 14.2. The zero-order chi connectivity index (χ0) is 41.2. The lowest BCUT2D eigenvalue weighted by Gasteiger charge is -2.31. The number of furan rings is 1. The molecule has 298 valence electrons. The molecule has 62 heavy (non-hydrogen) atoms. The van der Waals surface area contributed by atoms with Gasteiger partial charge in [-0.1, -0.05) is 189 Å². The second-order valence-corrected chi connectivity index (χ2v) is 17.5. The zero-order valence-electron chi connectivity index (χ0n) is 35.0. The molecular weight excluding hydrogens is 751 g/mol. The van der Waals surface area contributed by atoms with E-state index in [1.165, 1.54) is 98.5 Å². The molecule has 2 aliphatic rings. The van der Waals surface area contributed by atoms with E-state index in [0.717, 1.165) is 39.0 Å². The summed E-state index contributed by atoms with van der Waals surface area (Å²) >= 11 is 0. The van der Waals surface area contributed by atoms with Gasteiger partial charge in [0.1, 0.15) is 11.2 Å². The molecule has 2 nitrogen and oxygen atoms in total. The predicted molar refractivity (Wildman–Crippen MR) is 260 cm³/mol. The lowest BCUT2D eigenvalue weighted by atomic mass is 9.74. The summed E-state index contributed by atoms with van der Waals surface area (Å²) < 4.78 is 6.62. The van der Waals surface area contributed by atoms with Gasteiger partial charge in [0, 0.05) is 21.9 Å². The SMILES string of the molecule is CC1(c2ccccc2)c2ccccc2-c2c(-c3ccccc3N(c3ccccc3-c3cccc4cccc(C5CCCCC5)c34)c3cccc4oc5ccccc5c34)cccc21. The van der Waals surface area contributed by atoms with Crippen molar-refractivity contribution in [3.63, 3.8) is 0 Å². The fourth-order valence-electron chi connectivity index (χ4n) is 11.3. The number of hydrogen-bond acceptors (Lipinski definition) is 2. The van der Waals surface area contributed by atoms with E-state index in [1.54, 1.807) is 0 Å². The van der Waals surface area contributed by atoms with Gasteiger partial charge in [0.05, 0.1) is 22.4 Å². The van der Waals surface area contributed by atoms with Crippen molar-refractivity contribution in [2.24, 2.45) is 0 Å². The fourth-order valence-corrected chi connectivity index (χ4v) is 11.3. The van der Waals surface area contributed by atoms with Gasteiger partial charge in [-0.2, -0.15) is 0 Å². The van der Waals surface area contributed by atoms with E-state index >= 15 is 0 Å². The van der Waals surface area contributed by atoms with Gasteiger partial charge in [-0.15, -0.1) is 0 Å². The molecule has 10 aromatic rings. The lowest BCUT2D eigenvalue weighted by Crippen LogP contribution is -2.22. The first kappa shape index (κ1) is 36.7. The van der Waals surface area contributed by atoms with Crippen molar-refractivity contribution in [3.05, 3.63) is 222 Å². The molecule has 2 heteroatoms. The normalized spacial score (nSPS) is 16.1. The van der Waals surface area contributed by atoms with Crippen LogP contribution in [0.4, 0.5) is 17.1 Å². The van der Waals surface area contributed by atoms with Crippen molar-refractivity contribution in [2.45, 2.75) is 50.4 Å². The molecule has 0 aliphatic heterocycles. The van der Waals surface area contributed by atoms with Crippen LogP contribution in [0.1, 0.15) is 67.2 Å². The van der Waals surface area contributed by atoms with Gasteiger partial charge < -0.3 is 9.32 Å². The summed E-state index contributed by atoms with van der Waals surface area (Å²) in [6, 6.07) is 74.1. The molecule has 1 atom stereocenters. The summed E-state index contributed by atoms with van der Waals surface area (Å²) in [5.41, 5.74) is 17.7. The molecule has 0 bridgehead atoms. The van der Waals surface area contributed by atoms with E-state index in [0.29, 0.717) is 5.92 Å². The molecule has 0 spiro atoms. The number of anilines is 3. The van der Waals surface area contributed by atoms with Crippen LogP contribution in [0.25, 0.3) is 66.1 Å². The van der Waals surface area contributed by atoms with Gasteiger partial charge in [-0.3, -0.25) is 0 Å². The van der Waals surface area contributed by atoms with Crippen LogP contribution in [-0.2, 0) is 5.41 Å². The van der Waals surface area contributed by atoms with Gasteiger partial charge in [0.2, 0.25) is 0 Å². The number of para-hydroxylation sites is 3. The average molecular weight is 798 g/mol. The van der Waals surface area contributed by atoms with Gasteiger partial charge in [0.15, 0.2) is 0 Å². The Bertz CT molecular complexity index is 3310. The van der Waals surface area contributed by atoms with Crippen molar-refractivity contribution in [1.82, 2.24) is 0 Å². The molecule has 0 saturated heterocycles. The summed E-state index contributed by atoms with van der Waals surface area (Å²) in [4.78, 5) is 2.54. The number of hydrogen-bond donors (Lipinski definition) is 0. The average Bonchev–Trinajstić information content (AvgIpc) is 3.86.